The Morgan fingerprint density at radius 3 is 2.56 bits per heavy atom. The van der Waals surface area contributed by atoms with E-state index in [0.29, 0.717) is 13.0 Å². The second kappa shape index (κ2) is 6.64. The third-order valence-electron chi connectivity index (χ3n) is 2.71. The minimum Gasteiger partial charge on any atom is -0.480 e. The first kappa shape index (κ1) is 14.0. The van der Waals surface area contributed by atoms with Crippen molar-refractivity contribution in [1.82, 2.24) is 10.6 Å². The van der Waals surface area contributed by atoms with Crippen molar-refractivity contribution < 1.29 is 14.7 Å². The van der Waals surface area contributed by atoms with Crippen LogP contribution in [-0.4, -0.2) is 23.1 Å². The molecular weight excluding hydrogens is 232 g/mol. The minimum absolute atomic E-state index is 0.354. The van der Waals surface area contributed by atoms with Gasteiger partial charge in [0.05, 0.1) is 0 Å². The van der Waals surface area contributed by atoms with E-state index < -0.39 is 18.0 Å². The van der Waals surface area contributed by atoms with Crippen molar-refractivity contribution in [1.29, 1.82) is 0 Å². The van der Waals surface area contributed by atoms with Crippen molar-refractivity contribution in [3.63, 3.8) is 0 Å². The number of carbonyl (C=O) groups is 2. The molecule has 1 aromatic rings. The molecule has 0 fully saturated rings. The van der Waals surface area contributed by atoms with Gasteiger partial charge in [0.25, 0.3) is 0 Å². The molecule has 0 aliphatic heterocycles. The molecule has 2 amide bonds. The van der Waals surface area contributed by atoms with Gasteiger partial charge in [-0.15, -0.1) is 0 Å². The summed E-state index contributed by atoms with van der Waals surface area (Å²) in [5, 5.41) is 13.9. The highest BCUT2D eigenvalue weighted by Gasteiger charge is 2.16. The van der Waals surface area contributed by atoms with Crippen LogP contribution >= 0.6 is 0 Å². The maximum absolute atomic E-state index is 11.5. The van der Waals surface area contributed by atoms with Crippen LogP contribution in [0.2, 0.25) is 0 Å². The number of rotatable bonds is 5. The standard InChI is InChI=1S/C13H18N2O3/c1-3-11(12(16)17)15-13(18)14-8-10-7-5-4-6-9(10)2/h4-7,11H,3,8H2,1-2H3,(H,16,17)(H2,14,15,18). The molecule has 1 atom stereocenters. The monoisotopic (exact) mass is 250 g/mol. The lowest BCUT2D eigenvalue weighted by Gasteiger charge is -2.13. The topological polar surface area (TPSA) is 78.4 Å². The first-order valence-corrected chi connectivity index (χ1v) is 5.86. The zero-order valence-corrected chi connectivity index (χ0v) is 10.6. The van der Waals surface area contributed by atoms with Gasteiger partial charge in [-0.3, -0.25) is 0 Å². The molecule has 3 N–H and O–H groups in total. The van der Waals surface area contributed by atoms with Gasteiger partial charge in [-0.25, -0.2) is 9.59 Å². The number of hydrogen-bond donors (Lipinski definition) is 3. The largest absolute Gasteiger partial charge is 0.480 e. The van der Waals surface area contributed by atoms with E-state index in [1.165, 1.54) is 0 Å². The van der Waals surface area contributed by atoms with Crippen LogP contribution < -0.4 is 10.6 Å². The van der Waals surface area contributed by atoms with Crippen LogP contribution in [0.4, 0.5) is 4.79 Å². The van der Waals surface area contributed by atoms with E-state index in [9.17, 15) is 9.59 Å². The first-order chi connectivity index (χ1) is 8.54. The second-order valence-electron chi connectivity index (χ2n) is 4.05. The highest BCUT2D eigenvalue weighted by Crippen LogP contribution is 2.05. The molecule has 0 aromatic heterocycles. The average Bonchev–Trinajstić information content (AvgIpc) is 2.34. The number of hydrogen-bond acceptors (Lipinski definition) is 2. The molecule has 0 aliphatic carbocycles. The van der Waals surface area contributed by atoms with Gasteiger partial charge in [0.15, 0.2) is 0 Å². The molecule has 5 heteroatoms. The Morgan fingerprint density at radius 2 is 2.00 bits per heavy atom. The zero-order chi connectivity index (χ0) is 13.5. The Balaban J connectivity index is 2.47. The molecule has 1 unspecified atom stereocenters. The summed E-state index contributed by atoms with van der Waals surface area (Å²) in [6, 6.07) is 6.39. The molecule has 0 aliphatic rings. The summed E-state index contributed by atoms with van der Waals surface area (Å²) in [7, 11) is 0. The summed E-state index contributed by atoms with van der Waals surface area (Å²) in [5.41, 5.74) is 2.10. The Kier molecular flexibility index (Phi) is 5.17. The fourth-order valence-corrected chi connectivity index (χ4v) is 1.53. The van der Waals surface area contributed by atoms with Crippen molar-refractivity contribution in [3.8, 4) is 0 Å². The molecule has 0 saturated carbocycles. The van der Waals surface area contributed by atoms with E-state index in [2.05, 4.69) is 10.6 Å². The Bertz CT molecular complexity index is 432. The molecule has 1 rings (SSSR count). The van der Waals surface area contributed by atoms with Gasteiger partial charge in [-0.2, -0.15) is 0 Å². The van der Waals surface area contributed by atoms with E-state index in [0.717, 1.165) is 11.1 Å². The predicted molar refractivity (Wildman–Crippen MR) is 68.3 cm³/mol. The molecule has 98 valence electrons. The number of nitrogens with one attached hydrogen (secondary N) is 2. The lowest BCUT2D eigenvalue weighted by atomic mass is 10.1. The normalized spacial score (nSPS) is 11.7. The number of carboxylic acid groups (broad SMARTS) is 1. The lowest BCUT2D eigenvalue weighted by molar-refractivity contribution is -0.139. The highest BCUT2D eigenvalue weighted by atomic mass is 16.4. The van der Waals surface area contributed by atoms with Crippen LogP contribution in [0.15, 0.2) is 24.3 Å². The predicted octanol–water partition coefficient (Wildman–Crippen LogP) is 1.66. The van der Waals surface area contributed by atoms with E-state index in [1.807, 2.05) is 31.2 Å². The Morgan fingerprint density at radius 1 is 1.33 bits per heavy atom. The smallest absolute Gasteiger partial charge is 0.326 e. The molecule has 0 bridgehead atoms. The molecule has 0 radical (unpaired) electrons. The number of benzene rings is 1. The number of aliphatic carboxylic acids is 1. The number of amides is 2. The van der Waals surface area contributed by atoms with Crippen LogP contribution in [0, 0.1) is 6.92 Å². The summed E-state index contributed by atoms with van der Waals surface area (Å²) in [6.07, 6.45) is 0.354. The average molecular weight is 250 g/mol. The van der Waals surface area contributed by atoms with Gasteiger partial charge in [0.2, 0.25) is 0 Å². The van der Waals surface area contributed by atoms with Crippen molar-refractivity contribution >= 4 is 12.0 Å². The quantitative estimate of drug-likeness (QED) is 0.743. The number of carbonyl (C=O) groups excluding carboxylic acids is 1. The minimum atomic E-state index is -1.02. The first-order valence-electron chi connectivity index (χ1n) is 5.86. The van der Waals surface area contributed by atoms with E-state index in [4.69, 9.17) is 5.11 Å². The van der Waals surface area contributed by atoms with Crippen molar-refractivity contribution in [2.45, 2.75) is 32.9 Å². The van der Waals surface area contributed by atoms with Gasteiger partial charge in [-0.1, -0.05) is 31.2 Å². The van der Waals surface area contributed by atoms with Gasteiger partial charge in [0, 0.05) is 6.54 Å². The van der Waals surface area contributed by atoms with Crippen molar-refractivity contribution in [3.05, 3.63) is 35.4 Å². The number of carboxylic acids is 1. The highest BCUT2D eigenvalue weighted by molar-refractivity contribution is 5.82. The summed E-state index contributed by atoms with van der Waals surface area (Å²) in [5.74, 6) is -1.02. The molecular formula is C13H18N2O3. The van der Waals surface area contributed by atoms with Crippen LogP contribution in [0.1, 0.15) is 24.5 Å². The van der Waals surface area contributed by atoms with Gasteiger partial charge in [0.1, 0.15) is 6.04 Å². The molecule has 0 heterocycles. The maximum atomic E-state index is 11.5. The van der Waals surface area contributed by atoms with Crippen LogP contribution in [0.5, 0.6) is 0 Å². The summed E-state index contributed by atoms with van der Waals surface area (Å²) in [6.45, 7) is 4.05. The SMILES string of the molecule is CCC(NC(=O)NCc1ccccc1C)C(=O)O. The maximum Gasteiger partial charge on any atom is 0.326 e. The molecule has 0 saturated heterocycles. The Hall–Kier alpha value is -2.04. The molecule has 1 aromatic carbocycles. The lowest BCUT2D eigenvalue weighted by Crippen LogP contribution is -2.45. The Labute approximate surface area is 106 Å². The zero-order valence-electron chi connectivity index (χ0n) is 10.6. The van der Waals surface area contributed by atoms with Crippen LogP contribution in [-0.2, 0) is 11.3 Å². The van der Waals surface area contributed by atoms with E-state index in [1.54, 1.807) is 6.92 Å². The molecule has 5 nitrogen and oxygen atoms in total. The van der Waals surface area contributed by atoms with E-state index >= 15 is 0 Å². The third kappa shape index (κ3) is 4.08. The van der Waals surface area contributed by atoms with Gasteiger partial charge < -0.3 is 15.7 Å². The van der Waals surface area contributed by atoms with Gasteiger partial charge in [-0.05, 0) is 24.5 Å². The number of urea groups is 1. The fraction of sp³-hybridized carbons (Fsp3) is 0.385. The van der Waals surface area contributed by atoms with Crippen LogP contribution in [0.25, 0.3) is 0 Å². The summed E-state index contributed by atoms with van der Waals surface area (Å²) >= 11 is 0. The van der Waals surface area contributed by atoms with Crippen LogP contribution in [0.3, 0.4) is 0 Å². The summed E-state index contributed by atoms with van der Waals surface area (Å²) < 4.78 is 0. The van der Waals surface area contributed by atoms with Gasteiger partial charge >= 0.3 is 12.0 Å². The fourth-order valence-electron chi connectivity index (χ4n) is 1.53. The van der Waals surface area contributed by atoms with Crippen molar-refractivity contribution in [2.24, 2.45) is 0 Å². The van der Waals surface area contributed by atoms with Crippen molar-refractivity contribution in [2.75, 3.05) is 0 Å². The third-order valence-corrected chi connectivity index (χ3v) is 2.71. The molecule has 18 heavy (non-hydrogen) atoms. The summed E-state index contributed by atoms with van der Waals surface area (Å²) in [4.78, 5) is 22.3. The number of aryl methyl sites for hydroxylation is 1. The molecule has 0 spiro atoms. The second-order valence-corrected chi connectivity index (χ2v) is 4.05. The van der Waals surface area contributed by atoms with E-state index in [-0.39, 0.29) is 0 Å².